The van der Waals surface area contributed by atoms with E-state index in [-0.39, 0.29) is 11.8 Å². The molecule has 1 fully saturated rings. The van der Waals surface area contributed by atoms with Gasteiger partial charge in [0, 0.05) is 36.0 Å². The number of nitrogens with one attached hydrogen (secondary N) is 1. The van der Waals surface area contributed by atoms with Crippen molar-refractivity contribution < 1.29 is 9.59 Å². The number of hydrogen-bond acceptors (Lipinski definition) is 4. The lowest BCUT2D eigenvalue weighted by atomic mass is 10.1. The number of thiazole rings is 1. The quantitative estimate of drug-likeness (QED) is 0.697. The van der Waals surface area contributed by atoms with E-state index in [9.17, 15) is 9.59 Å². The van der Waals surface area contributed by atoms with Gasteiger partial charge in [-0.05, 0) is 31.0 Å². The zero-order valence-corrected chi connectivity index (χ0v) is 16.5. The Morgan fingerprint density at radius 2 is 2.04 bits per heavy atom. The molecule has 0 unspecified atom stereocenters. The summed E-state index contributed by atoms with van der Waals surface area (Å²) in [6, 6.07) is 15.6. The Kier molecular flexibility index (Phi) is 5.21. The van der Waals surface area contributed by atoms with Gasteiger partial charge in [0.15, 0.2) is 5.13 Å². The topological polar surface area (TPSA) is 62.3 Å². The highest BCUT2D eigenvalue weighted by atomic mass is 32.1. The van der Waals surface area contributed by atoms with E-state index < -0.39 is 0 Å². The standard InChI is InChI=1S/C22H21N3O2S/c1-15-7-9-17(10-8-15)19-14-28-22(23-19)24-21(27)18-5-2-4-16(12-18)13-25-11-3-6-20(25)26/h2,4-5,7-10,12,14H,3,6,11,13H2,1H3,(H,23,24,27). The van der Waals surface area contributed by atoms with Crippen molar-refractivity contribution in [1.82, 2.24) is 9.88 Å². The highest BCUT2D eigenvalue weighted by Crippen LogP contribution is 2.25. The lowest BCUT2D eigenvalue weighted by Gasteiger charge is -2.15. The van der Waals surface area contributed by atoms with Gasteiger partial charge >= 0.3 is 0 Å². The molecule has 0 spiro atoms. The van der Waals surface area contributed by atoms with Crippen LogP contribution in [0.4, 0.5) is 5.13 Å². The zero-order chi connectivity index (χ0) is 19.5. The molecular weight excluding hydrogens is 370 g/mol. The summed E-state index contributed by atoms with van der Waals surface area (Å²) in [6.45, 7) is 3.38. The van der Waals surface area contributed by atoms with Crippen LogP contribution in [0.15, 0.2) is 53.9 Å². The summed E-state index contributed by atoms with van der Waals surface area (Å²) in [5.41, 5.74) is 4.60. The number of anilines is 1. The van der Waals surface area contributed by atoms with Crippen molar-refractivity contribution >= 4 is 28.3 Å². The van der Waals surface area contributed by atoms with Gasteiger partial charge in [0.25, 0.3) is 5.91 Å². The first-order chi connectivity index (χ1) is 13.6. The average molecular weight is 391 g/mol. The Labute approximate surface area is 168 Å². The molecule has 1 saturated heterocycles. The molecule has 0 aliphatic carbocycles. The van der Waals surface area contributed by atoms with E-state index in [4.69, 9.17) is 0 Å². The Morgan fingerprint density at radius 3 is 2.79 bits per heavy atom. The van der Waals surface area contributed by atoms with E-state index in [2.05, 4.69) is 10.3 Å². The maximum atomic E-state index is 12.6. The molecule has 142 valence electrons. The van der Waals surface area contributed by atoms with Crippen LogP contribution in [0, 0.1) is 6.92 Å². The number of benzene rings is 2. The molecule has 0 atom stereocenters. The van der Waals surface area contributed by atoms with Gasteiger partial charge in [0.1, 0.15) is 0 Å². The third kappa shape index (κ3) is 4.12. The van der Waals surface area contributed by atoms with E-state index >= 15 is 0 Å². The zero-order valence-electron chi connectivity index (χ0n) is 15.6. The van der Waals surface area contributed by atoms with Crippen LogP contribution in [-0.4, -0.2) is 28.2 Å². The Morgan fingerprint density at radius 1 is 1.21 bits per heavy atom. The van der Waals surface area contributed by atoms with Gasteiger partial charge in [-0.2, -0.15) is 0 Å². The van der Waals surface area contributed by atoms with Crippen molar-refractivity contribution in [2.45, 2.75) is 26.3 Å². The van der Waals surface area contributed by atoms with Crippen LogP contribution in [0.25, 0.3) is 11.3 Å². The Bertz CT molecular complexity index is 1010. The van der Waals surface area contributed by atoms with Crippen molar-refractivity contribution in [2.75, 3.05) is 11.9 Å². The van der Waals surface area contributed by atoms with Crippen LogP contribution >= 0.6 is 11.3 Å². The minimum Gasteiger partial charge on any atom is -0.338 e. The third-order valence-corrected chi connectivity index (χ3v) is 5.56. The molecule has 2 amide bonds. The predicted molar refractivity (Wildman–Crippen MR) is 111 cm³/mol. The molecule has 5 nitrogen and oxygen atoms in total. The predicted octanol–water partition coefficient (Wildman–Crippen LogP) is 4.49. The number of amides is 2. The summed E-state index contributed by atoms with van der Waals surface area (Å²) in [7, 11) is 0. The molecule has 4 rings (SSSR count). The molecule has 0 radical (unpaired) electrons. The molecule has 6 heteroatoms. The molecule has 2 aromatic carbocycles. The minimum atomic E-state index is -0.195. The maximum Gasteiger partial charge on any atom is 0.257 e. The first-order valence-corrected chi connectivity index (χ1v) is 10.2. The monoisotopic (exact) mass is 391 g/mol. The largest absolute Gasteiger partial charge is 0.338 e. The van der Waals surface area contributed by atoms with E-state index in [1.54, 1.807) is 6.07 Å². The number of carbonyl (C=O) groups is 2. The van der Waals surface area contributed by atoms with Crippen molar-refractivity contribution in [3.8, 4) is 11.3 Å². The minimum absolute atomic E-state index is 0.182. The third-order valence-electron chi connectivity index (χ3n) is 4.81. The van der Waals surface area contributed by atoms with Gasteiger partial charge in [-0.15, -0.1) is 11.3 Å². The second-order valence-corrected chi connectivity index (χ2v) is 7.84. The summed E-state index contributed by atoms with van der Waals surface area (Å²) >= 11 is 1.41. The lowest BCUT2D eigenvalue weighted by molar-refractivity contribution is -0.128. The van der Waals surface area contributed by atoms with E-state index in [0.717, 1.165) is 29.8 Å². The van der Waals surface area contributed by atoms with Gasteiger partial charge in [-0.1, -0.05) is 42.0 Å². The second kappa shape index (κ2) is 7.94. The number of aromatic nitrogens is 1. The average Bonchev–Trinajstić information content (AvgIpc) is 3.32. The van der Waals surface area contributed by atoms with Gasteiger partial charge in [-0.25, -0.2) is 4.98 Å². The van der Waals surface area contributed by atoms with Crippen molar-refractivity contribution in [2.24, 2.45) is 0 Å². The molecule has 28 heavy (non-hydrogen) atoms. The van der Waals surface area contributed by atoms with Gasteiger partial charge in [-0.3, -0.25) is 14.9 Å². The summed E-state index contributed by atoms with van der Waals surface area (Å²) in [4.78, 5) is 30.8. The maximum absolute atomic E-state index is 12.6. The Balaban J connectivity index is 1.44. The van der Waals surface area contributed by atoms with Crippen molar-refractivity contribution in [3.63, 3.8) is 0 Å². The summed E-state index contributed by atoms with van der Waals surface area (Å²) in [6.07, 6.45) is 1.53. The molecule has 1 aliphatic rings. The summed E-state index contributed by atoms with van der Waals surface area (Å²) < 4.78 is 0. The molecule has 3 aromatic rings. The summed E-state index contributed by atoms with van der Waals surface area (Å²) in [5, 5.41) is 5.39. The summed E-state index contributed by atoms with van der Waals surface area (Å²) in [5.74, 6) is -0.0133. The fourth-order valence-corrected chi connectivity index (χ4v) is 3.97. The van der Waals surface area contributed by atoms with Crippen LogP contribution in [0.3, 0.4) is 0 Å². The van der Waals surface area contributed by atoms with Crippen LogP contribution in [0.1, 0.15) is 34.3 Å². The van der Waals surface area contributed by atoms with E-state index in [1.807, 2.05) is 59.7 Å². The molecule has 0 saturated carbocycles. The number of likely N-dealkylation sites (tertiary alicyclic amines) is 1. The first-order valence-electron chi connectivity index (χ1n) is 9.29. The molecule has 1 aromatic heterocycles. The van der Waals surface area contributed by atoms with Crippen LogP contribution in [0.5, 0.6) is 0 Å². The number of nitrogens with zero attached hydrogens (tertiary/aromatic N) is 2. The number of hydrogen-bond donors (Lipinski definition) is 1. The molecule has 0 bridgehead atoms. The molecule has 1 N–H and O–H groups in total. The Hall–Kier alpha value is -2.99. The second-order valence-electron chi connectivity index (χ2n) is 6.98. The van der Waals surface area contributed by atoms with Crippen LogP contribution in [0.2, 0.25) is 0 Å². The lowest BCUT2D eigenvalue weighted by Crippen LogP contribution is -2.24. The smallest absolute Gasteiger partial charge is 0.257 e. The van der Waals surface area contributed by atoms with Gasteiger partial charge in [0.2, 0.25) is 5.91 Å². The molecule has 2 heterocycles. The van der Waals surface area contributed by atoms with Gasteiger partial charge in [0.05, 0.1) is 5.69 Å². The van der Waals surface area contributed by atoms with E-state index in [1.165, 1.54) is 16.9 Å². The first kappa shape index (κ1) is 18.4. The van der Waals surface area contributed by atoms with Crippen molar-refractivity contribution in [3.05, 3.63) is 70.6 Å². The number of rotatable bonds is 5. The normalized spacial score (nSPS) is 13.8. The number of carbonyl (C=O) groups excluding carboxylic acids is 2. The van der Waals surface area contributed by atoms with Crippen molar-refractivity contribution in [1.29, 1.82) is 0 Å². The molecule has 1 aliphatic heterocycles. The fourth-order valence-electron chi connectivity index (χ4n) is 3.26. The van der Waals surface area contributed by atoms with Crippen LogP contribution in [-0.2, 0) is 11.3 Å². The highest BCUT2D eigenvalue weighted by molar-refractivity contribution is 7.14. The number of aryl methyl sites for hydroxylation is 1. The van der Waals surface area contributed by atoms with Gasteiger partial charge < -0.3 is 4.90 Å². The SMILES string of the molecule is Cc1ccc(-c2csc(NC(=O)c3cccc(CN4CCCC4=O)c3)n2)cc1. The highest BCUT2D eigenvalue weighted by Gasteiger charge is 2.20. The van der Waals surface area contributed by atoms with E-state index in [0.29, 0.717) is 23.7 Å². The van der Waals surface area contributed by atoms with Crippen LogP contribution < -0.4 is 5.32 Å². The molecular formula is C22H21N3O2S. The fraction of sp³-hybridized carbons (Fsp3) is 0.227.